The fourth-order valence-corrected chi connectivity index (χ4v) is 4.64. The smallest absolute Gasteiger partial charge is 0.328 e. The van der Waals surface area contributed by atoms with Crippen molar-refractivity contribution in [1.82, 2.24) is 15.0 Å². The molecule has 1 aromatic carbocycles. The average molecular weight is 578 g/mol. The number of carboxylic acid groups (broad SMARTS) is 4. The van der Waals surface area contributed by atoms with Crippen molar-refractivity contribution in [3.63, 3.8) is 0 Å². The van der Waals surface area contributed by atoms with Crippen molar-refractivity contribution in [3.8, 4) is 0 Å². The van der Waals surface area contributed by atoms with Gasteiger partial charge in [-0.2, -0.15) is 0 Å². The number of carboxylic acids is 4. The highest BCUT2D eigenvalue weighted by Gasteiger charge is 2.25. The molecule has 0 radical (unpaired) electrons. The van der Waals surface area contributed by atoms with E-state index in [-0.39, 0.29) is 5.82 Å². The van der Waals surface area contributed by atoms with Gasteiger partial charge in [-0.1, -0.05) is 11.6 Å². The monoisotopic (exact) mass is 577 g/mol. The van der Waals surface area contributed by atoms with Gasteiger partial charge in [-0.05, 0) is 83.5 Å². The van der Waals surface area contributed by atoms with E-state index in [1.807, 2.05) is 6.07 Å². The molecule has 3 heterocycles. The van der Waals surface area contributed by atoms with Gasteiger partial charge in [0.2, 0.25) is 0 Å². The van der Waals surface area contributed by atoms with Crippen molar-refractivity contribution < 1.29 is 48.5 Å². The molecule has 0 spiro atoms. The number of carbonyl (C=O) groups is 4. The molecule has 2 saturated heterocycles. The van der Waals surface area contributed by atoms with Crippen LogP contribution in [-0.4, -0.2) is 98.5 Å². The Morgan fingerprint density at radius 1 is 0.805 bits per heavy atom. The van der Waals surface area contributed by atoms with Gasteiger partial charge in [-0.25, -0.2) is 23.6 Å². The number of aromatic nitrogens is 1. The summed E-state index contributed by atoms with van der Waals surface area (Å²) in [5, 5.41) is 36.5. The predicted octanol–water partition coefficient (Wildman–Crippen LogP) is 3.45. The Balaban J connectivity index is 0.000000304. The Kier molecular flexibility index (Phi) is 14.2. The van der Waals surface area contributed by atoms with E-state index < -0.39 is 23.9 Å². The molecule has 2 aromatic rings. The van der Waals surface area contributed by atoms with Crippen molar-refractivity contribution in [3.05, 3.63) is 54.0 Å². The zero-order chi connectivity index (χ0) is 30.2. The van der Waals surface area contributed by atoms with E-state index in [1.165, 1.54) is 64.0 Å². The SMILES string of the molecule is Fc1ccc2c(C3CCN(CCCN4CCCCC4)CC3)noc2c1.O=C(O)C=CC(=O)O.O=C(O)C=CC(=O)O. The highest BCUT2D eigenvalue weighted by Crippen LogP contribution is 2.32. The van der Waals surface area contributed by atoms with Crippen LogP contribution in [0, 0.1) is 5.82 Å². The van der Waals surface area contributed by atoms with Crippen LogP contribution in [-0.2, 0) is 19.2 Å². The number of likely N-dealkylation sites (tertiary alicyclic amines) is 2. The van der Waals surface area contributed by atoms with Gasteiger partial charge in [0.05, 0.1) is 5.69 Å². The molecule has 1 aromatic heterocycles. The molecule has 0 bridgehead atoms. The lowest BCUT2D eigenvalue weighted by Gasteiger charge is -2.32. The van der Waals surface area contributed by atoms with E-state index in [1.54, 1.807) is 0 Å². The standard InChI is InChI=1S/C20H28FN3O.2C4H4O4/c21-17-5-6-18-19(15-17)25-22-20(18)16-7-13-24(14-8-16)12-4-11-23-9-2-1-3-10-23;2*5-3(6)1-2-4(7)8/h5-6,15-16H,1-4,7-14H2;2*1-2H,(H,5,6)(H,7,8). The summed E-state index contributed by atoms with van der Waals surface area (Å²) in [4.78, 5) is 43.4. The number of fused-ring (bicyclic) bond motifs is 1. The van der Waals surface area contributed by atoms with Gasteiger partial charge in [0.15, 0.2) is 5.58 Å². The zero-order valence-corrected chi connectivity index (χ0v) is 22.7. The Morgan fingerprint density at radius 3 is 1.78 bits per heavy atom. The Morgan fingerprint density at radius 2 is 1.29 bits per heavy atom. The Labute approximate surface area is 236 Å². The lowest BCUT2D eigenvalue weighted by Crippen LogP contribution is -2.36. The third-order valence-electron chi connectivity index (χ3n) is 6.57. The van der Waals surface area contributed by atoms with Crippen LogP contribution in [0.1, 0.15) is 50.1 Å². The Hall–Kier alpha value is -4.10. The summed E-state index contributed by atoms with van der Waals surface area (Å²) in [6.45, 7) is 7.29. The van der Waals surface area contributed by atoms with Crippen molar-refractivity contribution >= 4 is 34.8 Å². The molecule has 0 atom stereocenters. The topological polar surface area (TPSA) is 182 Å². The van der Waals surface area contributed by atoms with Gasteiger partial charge in [0, 0.05) is 41.7 Å². The summed E-state index contributed by atoms with van der Waals surface area (Å²) in [6, 6.07) is 4.74. The molecule has 2 aliphatic rings. The molecule has 12 nitrogen and oxygen atoms in total. The van der Waals surface area contributed by atoms with E-state index in [0.29, 0.717) is 35.8 Å². The highest BCUT2D eigenvalue weighted by atomic mass is 19.1. The fourth-order valence-electron chi connectivity index (χ4n) is 4.64. The number of hydrogen-bond acceptors (Lipinski definition) is 8. The lowest BCUT2D eigenvalue weighted by atomic mass is 9.91. The van der Waals surface area contributed by atoms with E-state index >= 15 is 0 Å². The van der Waals surface area contributed by atoms with Crippen molar-refractivity contribution in [2.45, 2.75) is 44.4 Å². The van der Waals surface area contributed by atoms with Crippen molar-refractivity contribution in [2.75, 3.05) is 39.3 Å². The molecule has 0 unspecified atom stereocenters. The van der Waals surface area contributed by atoms with Crippen LogP contribution in [0.3, 0.4) is 0 Å². The van der Waals surface area contributed by atoms with E-state index in [2.05, 4.69) is 15.0 Å². The first-order chi connectivity index (χ1) is 19.5. The minimum Gasteiger partial charge on any atom is -0.478 e. The third-order valence-corrected chi connectivity index (χ3v) is 6.57. The average Bonchev–Trinajstić information content (AvgIpc) is 3.35. The van der Waals surface area contributed by atoms with Gasteiger partial charge in [0.25, 0.3) is 0 Å². The van der Waals surface area contributed by atoms with Crippen LogP contribution >= 0.6 is 0 Å². The second-order valence-electron chi connectivity index (χ2n) is 9.60. The molecule has 13 heteroatoms. The van der Waals surface area contributed by atoms with Gasteiger partial charge in [-0.3, -0.25) is 0 Å². The second-order valence-corrected chi connectivity index (χ2v) is 9.60. The second kappa shape index (κ2) is 17.6. The van der Waals surface area contributed by atoms with Gasteiger partial charge in [-0.15, -0.1) is 0 Å². The summed E-state index contributed by atoms with van der Waals surface area (Å²) in [5.41, 5.74) is 1.59. The third kappa shape index (κ3) is 13.2. The minimum absolute atomic E-state index is 0.265. The van der Waals surface area contributed by atoms with Crippen LogP contribution in [0.5, 0.6) is 0 Å². The number of rotatable bonds is 9. The van der Waals surface area contributed by atoms with Crippen molar-refractivity contribution in [1.29, 1.82) is 0 Å². The molecular formula is C28H36FN3O9. The first-order valence-corrected chi connectivity index (χ1v) is 13.3. The van der Waals surface area contributed by atoms with Crippen LogP contribution in [0.2, 0.25) is 0 Å². The van der Waals surface area contributed by atoms with Crippen LogP contribution in [0.25, 0.3) is 11.0 Å². The molecule has 2 fully saturated rings. The van der Waals surface area contributed by atoms with Crippen LogP contribution < -0.4 is 0 Å². The molecule has 2 aliphatic heterocycles. The lowest BCUT2D eigenvalue weighted by molar-refractivity contribution is -0.134. The quantitative estimate of drug-likeness (QED) is 0.319. The fraction of sp³-hybridized carbons (Fsp3) is 0.464. The summed E-state index contributed by atoms with van der Waals surface area (Å²) in [5.74, 6) is -4.86. The molecule has 224 valence electrons. The summed E-state index contributed by atoms with van der Waals surface area (Å²) in [7, 11) is 0. The zero-order valence-electron chi connectivity index (χ0n) is 22.7. The number of aliphatic carboxylic acids is 4. The molecule has 4 N–H and O–H groups in total. The summed E-state index contributed by atoms with van der Waals surface area (Å²) < 4.78 is 18.6. The molecule has 41 heavy (non-hydrogen) atoms. The molecular weight excluding hydrogens is 541 g/mol. The maximum Gasteiger partial charge on any atom is 0.328 e. The number of benzene rings is 1. The first kappa shape index (κ1) is 33.1. The van der Waals surface area contributed by atoms with E-state index in [4.69, 9.17) is 24.9 Å². The number of hydrogen-bond donors (Lipinski definition) is 4. The van der Waals surface area contributed by atoms with Gasteiger partial charge < -0.3 is 34.7 Å². The van der Waals surface area contributed by atoms with Crippen LogP contribution in [0.4, 0.5) is 4.39 Å². The highest BCUT2D eigenvalue weighted by molar-refractivity contribution is 5.90. The van der Waals surface area contributed by atoms with Gasteiger partial charge >= 0.3 is 23.9 Å². The first-order valence-electron chi connectivity index (χ1n) is 13.3. The number of piperidine rings is 2. The maximum atomic E-state index is 13.3. The largest absolute Gasteiger partial charge is 0.478 e. The Bertz CT molecular complexity index is 1150. The minimum atomic E-state index is -1.26. The molecule has 0 amide bonds. The predicted molar refractivity (Wildman–Crippen MR) is 146 cm³/mol. The number of nitrogens with zero attached hydrogens (tertiary/aromatic N) is 3. The van der Waals surface area contributed by atoms with E-state index in [0.717, 1.165) is 37.0 Å². The van der Waals surface area contributed by atoms with Gasteiger partial charge in [0.1, 0.15) is 5.82 Å². The molecule has 4 rings (SSSR count). The van der Waals surface area contributed by atoms with Crippen LogP contribution in [0.15, 0.2) is 47.0 Å². The summed E-state index contributed by atoms with van der Waals surface area (Å²) in [6.07, 6.45) is 9.90. The normalized spacial score (nSPS) is 16.6. The van der Waals surface area contributed by atoms with E-state index in [9.17, 15) is 23.6 Å². The summed E-state index contributed by atoms with van der Waals surface area (Å²) >= 11 is 0. The molecule has 0 aliphatic carbocycles. The maximum absolute atomic E-state index is 13.3. The van der Waals surface area contributed by atoms with Crippen molar-refractivity contribution in [2.24, 2.45) is 0 Å². The number of halogens is 1. The molecule has 0 saturated carbocycles.